The minimum absolute atomic E-state index is 0.0942. The van der Waals surface area contributed by atoms with Crippen LogP contribution in [0, 0.1) is 0 Å². The van der Waals surface area contributed by atoms with Crippen LogP contribution in [0.4, 0.5) is 5.69 Å². The Hall–Kier alpha value is -2.00. The summed E-state index contributed by atoms with van der Waals surface area (Å²) >= 11 is 6.58. The number of thiocarbonyl (C=S) groups is 1. The van der Waals surface area contributed by atoms with E-state index in [1.54, 1.807) is 18.2 Å². The number of carbonyl (C=O) groups excluding carboxylic acids is 2. The van der Waals surface area contributed by atoms with Crippen LogP contribution in [0.25, 0.3) is 0 Å². The van der Waals surface area contributed by atoms with Crippen molar-refractivity contribution in [3.05, 3.63) is 18.2 Å². The van der Waals surface area contributed by atoms with Gasteiger partial charge in [-0.15, -0.1) is 0 Å². The van der Waals surface area contributed by atoms with E-state index in [0.717, 1.165) is 25.9 Å². The number of fused-ring (bicyclic) bond motifs is 1. The lowest BCUT2D eigenvalue weighted by atomic mass is 10.2. The normalized spacial score (nSPS) is 16.3. The van der Waals surface area contributed by atoms with Crippen LogP contribution in [-0.4, -0.2) is 52.8 Å². The van der Waals surface area contributed by atoms with Crippen LogP contribution in [0.15, 0.2) is 18.2 Å². The second kappa shape index (κ2) is 8.59. The van der Waals surface area contributed by atoms with Crippen molar-refractivity contribution >= 4 is 45.9 Å². The highest BCUT2D eigenvalue weighted by molar-refractivity contribution is 8.23. The molecule has 1 aromatic carbocycles. The minimum Gasteiger partial charge on any atom is -0.454 e. The summed E-state index contributed by atoms with van der Waals surface area (Å²) in [6.45, 7) is 3.58. The van der Waals surface area contributed by atoms with E-state index in [4.69, 9.17) is 26.4 Å². The van der Waals surface area contributed by atoms with E-state index >= 15 is 0 Å². The number of anilines is 1. The molecule has 1 atom stereocenters. The number of esters is 1. The van der Waals surface area contributed by atoms with Gasteiger partial charge in [-0.25, -0.2) is 0 Å². The van der Waals surface area contributed by atoms with Crippen LogP contribution in [0.2, 0.25) is 0 Å². The first-order valence-corrected chi connectivity index (χ1v) is 9.74. The molecule has 2 heterocycles. The van der Waals surface area contributed by atoms with Crippen molar-refractivity contribution in [2.24, 2.45) is 0 Å². The lowest BCUT2D eigenvalue weighted by Crippen LogP contribution is -2.31. The summed E-state index contributed by atoms with van der Waals surface area (Å²) in [6.07, 6.45) is 1.35. The van der Waals surface area contributed by atoms with Crippen molar-refractivity contribution in [1.82, 2.24) is 4.90 Å². The number of benzene rings is 1. The summed E-state index contributed by atoms with van der Waals surface area (Å²) in [5, 5.41) is 2.69. The molecule has 0 aliphatic carbocycles. The maximum Gasteiger partial charge on any atom is 0.317 e. The fourth-order valence-corrected chi connectivity index (χ4v) is 3.65. The molecule has 0 spiro atoms. The second-order valence-corrected chi connectivity index (χ2v) is 7.55. The molecule has 1 amide bonds. The zero-order chi connectivity index (χ0) is 18.5. The Bertz CT molecular complexity index is 706. The second-order valence-electron chi connectivity index (χ2n) is 5.94. The number of nitrogens with zero attached hydrogens (tertiary/aromatic N) is 1. The Kier molecular flexibility index (Phi) is 6.20. The Labute approximate surface area is 161 Å². The smallest absolute Gasteiger partial charge is 0.317 e. The van der Waals surface area contributed by atoms with Crippen LogP contribution < -0.4 is 14.8 Å². The topological polar surface area (TPSA) is 77.1 Å². The predicted molar refractivity (Wildman–Crippen MR) is 103 cm³/mol. The average Bonchev–Trinajstić information content (AvgIpc) is 3.30. The van der Waals surface area contributed by atoms with E-state index in [2.05, 4.69) is 10.2 Å². The van der Waals surface area contributed by atoms with Crippen LogP contribution in [-0.2, 0) is 14.3 Å². The number of hydrogen-bond acceptors (Lipinski definition) is 7. The Morgan fingerprint density at radius 1 is 1.31 bits per heavy atom. The first-order chi connectivity index (χ1) is 12.5. The van der Waals surface area contributed by atoms with Gasteiger partial charge in [-0.1, -0.05) is 24.0 Å². The summed E-state index contributed by atoms with van der Waals surface area (Å²) in [7, 11) is 0. The molecule has 1 fully saturated rings. The van der Waals surface area contributed by atoms with E-state index in [-0.39, 0.29) is 12.5 Å². The highest BCUT2D eigenvalue weighted by Crippen LogP contribution is 2.34. The van der Waals surface area contributed by atoms with Crippen molar-refractivity contribution in [3.63, 3.8) is 0 Å². The van der Waals surface area contributed by atoms with Gasteiger partial charge in [-0.05, 0) is 31.9 Å². The monoisotopic (exact) mass is 396 g/mol. The Morgan fingerprint density at radius 2 is 2.04 bits per heavy atom. The van der Waals surface area contributed by atoms with Gasteiger partial charge in [0.2, 0.25) is 6.79 Å². The minimum atomic E-state index is -0.908. The van der Waals surface area contributed by atoms with Crippen molar-refractivity contribution in [1.29, 1.82) is 0 Å². The number of thioether (sulfide) groups is 1. The van der Waals surface area contributed by atoms with Crippen LogP contribution in [0.3, 0.4) is 0 Å². The largest absolute Gasteiger partial charge is 0.454 e. The number of nitrogens with one attached hydrogen (secondary N) is 1. The third kappa shape index (κ3) is 4.79. The van der Waals surface area contributed by atoms with Crippen molar-refractivity contribution in [2.45, 2.75) is 25.9 Å². The number of carbonyl (C=O) groups is 2. The molecule has 2 aliphatic heterocycles. The number of ether oxygens (including phenoxy) is 3. The fraction of sp³-hybridized carbons (Fsp3) is 0.471. The van der Waals surface area contributed by atoms with Crippen molar-refractivity contribution < 1.29 is 23.8 Å². The van der Waals surface area contributed by atoms with E-state index < -0.39 is 18.0 Å². The molecule has 0 bridgehead atoms. The zero-order valence-electron chi connectivity index (χ0n) is 14.4. The molecule has 1 N–H and O–H groups in total. The van der Waals surface area contributed by atoms with E-state index in [1.807, 2.05) is 0 Å². The molecule has 0 aromatic heterocycles. The number of hydrogen-bond donors (Lipinski definition) is 1. The third-order valence-corrected chi connectivity index (χ3v) is 5.49. The van der Waals surface area contributed by atoms with E-state index in [0.29, 0.717) is 21.5 Å². The molecular formula is C17H20N2O5S2. The number of likely N-dealkylation sites (tertiary alicyclic amines) is 1. The molecule has 0 saturated carbocycles. The first kappa shape index (κ1) is 18.8. The average molecular weight is 396 g/mol. The van der Waals surface area contributed by atoms with Crippen molar-refractivity contribution in [2.75, 3.05) is 31.0 Å². The van der Waals surface area contributed by atoms with Gasteiger partial charge in [0.1, 0.15) is 4.32 Å². The molecule has 0 unspecified atom stereocenters. The standard InChI is InChI=1S/C17H20N2O5S2/c1-11(24-15(20)9-26-17(25)19-6-2-3-7-19)16(21)18-12-4-5-13-14(8-12)23-10-22-13/h4-5,8,11H,2-3,6-7,9-10H2,1H3,(H,18,21)/t11-/m0/s1. The molecule has 26 heavy (non-hydrogen) atoms. The maximum atomic E-state index is 12.2. The van der Waals surface area contributed by atoms with Gasteiger partial charge in [-0.2, -0.15) is 0 Å². The molecular weight excluding hydrogens is 376 g/mol. The SMILES string of the molecule is C[C@H](OC(=O)CSC(=S)N1CCCC1)C(=O)Nc1ccc2c(c1)OCO2. The molecule has 1 saturated heterocycles. The summed E-state index contributed by atoms with van der Waals surface area (Å²) < 4.78 is 16.4. The number of amides is 1. The molecule has 7 nitrogen and oxygen atoms in total. The fourth-order valence-electron chi connectivity index (χ4n) is 2.61. The quantitative estimate of drug-likeness (QED) is 0.601. The van der Waals surface area contributed by atoms with Gasteiger partial charge < -0.3 is 24.4 Å². The lowest BCUT2D eigenvalue weighted by molar-refractivity contribution is -0.150. The molecule has 9 heteroatoms. The van der Waals surface area contributed by atoms with Gasteiger partial charge in [-0.3, -0.25) is 9.59 Å². The first-order valence-electron chi connectivity index (χ1n) is 8.34. The van der Waals surface area contributed by atoms with E-state index in [1.165, 1.54) is 18.7 Å². The van der Waals surface area contributed by atoms with Gasteiger partial charge in [0.15, 0.2) is 17.6 Å². The van der Waals surface area contributed by atoms with Gasteiger partial charge in [0.05, 0.1) is 5.75 Å². The van der Waals surface area contributed by atoms with Crippen LogP contribution in [0.1, 0.15) is 19.8 Å². The summed E-state index contributed by atoms with van der Waals surface area (Å²) in [4.78, 5) is 26.2. The molecule has 1 aromatic rings. The van der Waals surface area contributed by atoms with Crippen LogP contribution in [0.5, 0.6) is 11.5 Å². The van der Waals surface area contributed by atoms with Gasteiger partial charge in [0, 0.05) is 24.8 Å². The Balaban J connectivity index is 1.43. The van der Waals surface area contributed by atoms with Gasteiger partial charge >= 0.3 is 5.97 Å². The summed E-state index contributed by atoms with van der Waals surface area (Å²) in [5.74, 6) is 0.415. The van der Waals surface area contributed by atoms with Gasteiger partial charge in [0.25, 0.3) is 5.91 Å². The third-order valence-electron chi connectivity index (χ3n) is 4.00. The van der Waals surface area contributed by atoms with Crippen molar-refractivity contribution in [3.8, 4) is 11.5 Å². The lowest BCUT2D eigenvalue weighted by Gasteiger charge is -2.18. The molecule has 3 rings (SSSR count). The summed E-state index contributed by atoms with van der Waals surface area (Å²) in [5.41, 5.74) is 0.548. The maximum absolute atomic E-state index is 12.2. The number of rotatable bonds is 5. The molecule has 2 aliphatic rings. The summed E-state index contributed by atoms with van der Waals surface area (Å²) in [6, 6.07) is 5.08. The zero-order valence-corrected chi connectivity index (χ0v) is 16.0. The predicted octanol–water partition coefficient (Wildman–Crippen LogP) is 2.40. The molecule has 140 valence electrons. The van der Waals surface area contributed by atoms with E-state index in [9.17, 15) is 9.59 Å². The molecule has 0 radical (unpaired) electrons. The van der Waals surface area contributed by atoms with Crippen LogP contribution >= 0.6 is 24.0 Å². The Morgan fingerprint density at radius 3 is 2.81 bits per heavy atom. The highest BCUT2D eigenvalue weighted by atomic mass is 32.2. The highest BCUT2D eigenvalue weighted by Gasteiger charge is 2.21.